The van der Waals surface area contributed by atoms with Crippen LogP contribution < -0.4 is 5.32 Å². The molecule has 0 aliphatic rings. The summed E-state index contributed by atoms with van der Waals surface area (Å²) in [4.78, 5) is 2.37. The number of benzene rings is 1. The van der Waals surface area contributed by atoms with Gasteiger partial charge in [-0.25, -0.2) is 0 Å². The van der Waals surface area contributed by atoms with Gasteiger partial charge in [-0.1, -0.05) is 18.2 Å². The Morgan fingerprint density at radius 1 is 1.20 bits per heavy atom. The number of para-hydroxylation sites is 1. The second-order valence-corrected chi connectivity index (χ2v) is 5.79. The van der Waals surface area contributed by atoms with Crippen molar-refractivity contribution in [1.29, 1.82) is 0 Å². The van der Waals surface area contributed by atoms with E-state index in [2.05, 4.69) is 50.2 Å². The van der Waals surface area contributed by atoms with Gasteiger partial charge in [0.2, 0.25) is 0 Å². The molecule has 0 bridgehead atoms. The predicted molar refractivity (Wildman–Crippen MR) is 85.0 cm³/mol. The zero-order chi connectivity index (χ0) is 14.5. The summed E-state index contributed by atoms with van der Waals surface area (Å²) in [6.07, 6.45) is 1.15. The molecule has 2 rings (SSSR count). The van der Waals surface area contributed by atoms with Crippen molar-refractivity contribution in [2.75, 3.05) is 20.1 Å². The first-order valence-corrected chi connectivity index (χ1v) is 7.50. The van der Waals surface area contributed by atoms with Gasteiger partial charge in [0.25, 0.3) is 0 Å². The minimum Gasteiger partial charge on any atom is -0.459 e. The number of nitrogens with zero attached hydrogens (tertiary/aromatic N) is 1. The van der Waals surface area contributed by atoms with Crippen molar-refractivity contribution < 1.29 is 4.42 Å². The van der Waals surface area contributed by atoms with E-state index in [0.717, 1.165) is 30.9 Å². The van der Waals surface area contributed by atoms with E-state index in [4.69, 9.17) is 4.42 Å². The first-order chi connectivity index (χ1) is 9.58. The highest BCUT2D eigenvalue weighted by Crippen LogP contribution is 2.23. The zero-order valence-corrected chi connectivity index (χ0v) is 13.0. The molecular weight excluding hydrogens is 248 g/mol. The first-order valence-electron chi connectivity index (χ1n) is 7.50. The van der Waals surface area contributed by atoms with E-state index < -0.39 is 0 Å². The van der Waals surface area contributed by atoms with Crippen LogP contribution in [0.4, 0.5) is 0 Å². The summed E-state index contributed by atoms with van der Waals surface area (Å²) in [6, 6.07) is 11.2. The summed E-state index contributed by atoms with van der Waals surface area (Å²) in [5, 5.41) is 4.71. The van der Waals surface area contributed by atoms with Crippen molar-refractivity contribution in [3.63, 3.8) is 0 Å². The predicted octanol–water partition coefficient (Wildman–Crippen LogP) is 3.81. The normalized spacial score (nSPS) is 13.5. The monoisotopic (exact) mass is 274 g/mol. The zero-order valence-electron chi connectivity index (χ0n) is 13.0. The molecule has 0 saturated heterocycles. The molecule has 1 heterocycles. The van der Waals surface area contributed by atoms with Crippen molar-refractivity contribution in [2.24, 2.45) is 0 Å². The molecule has 3 heteroatoms. The summed E-state index contributed by atoms with van der Waals surface area (Å²) >= 11 is 0. The van der Waals surface area contributed by atoms with Gasteiger partial charge >= 0.3 is 0 Å². The van der Waals surface area contributed by atoms with Crippen LogP contribution in [0.15, 0.2) is 34.7 Å². The van der Waals surface area contributed by atoms with Gasteiger partial charge in [-0.3, -0.25) is 0 Å². The lowest BCUT2D eigenvalue weighted by Gasteiger charge is -2.21. The molecule has 0 radical (unpaired) electrons. The molecule has 2 aromatic rings. The average Bonchev–Trinajstić information content (AvgIpc) is 2.86. The smallest absolute Gasteiger partial charge is 0.134 e. The van der Waals surface area contributed by atoms with E-state index in [0.29, 0.717) is 6.04 Å². The molecule has 0 spiro atoms. The van der Waals surface area contributed by atoms with Gasteiger partial charge in [-0.05, 0) is 59.5 Å². The number of hydrogen-bond acceptors (Lipinski definition) is 3. The van der Waals surface area contributed by atoms with E-state index >= 15 is 0 Å². The Labute approximate surface area is 122 Å². The lowest BCUT2D eigenvalue weighted by Crippen LogP contribution is -2.30. The second-order valence-electron chi connectivity index (χ2n) is 5.79. The number of furan rings is 1. The lowest BCUT2D eigenvalue weighted by molar-refractivity contribution is 0.267. The molecule has 0 saturated carbocycles. The van der Waals surface area contributed by atoms with E-state index in [9.17, 15) is 0 Å². The minimum absolute atomic E-state index is 0.256. The minimum atomic E-state index is 0.256. The second kappa shape index (κ2) is 6.91. The molecule has 1 atom stereocenters. The van der Waals surface area contributed by atoms with Gasteiger partial charge in [0, 0.05) is 11.4 Å². The van der Waals surface area contributed by atoms with E-state index in [1.165, 1.54) is 5.39 Å². The number of hydrogen-bond donors (Lipinski definition) is 1. The fourth-order valence-corrected chi connectivity index (χ4v) is 2.22. The molecule has 110 valence electrons. The van der Waals surface area contributed by atoms with Crippen LogP contribution in [0.3, 0.4) is 0 Å². The summed E-state index contributed by atoms with van der Waals surface area (Å²) in [6.45, 7) is 8.74. The number of fused-ring (bicyclic) bond motifs is 1. The molecule has 1 unspecified atom stereocenters. The van der Waals surface area contributed by atoms with Crippen LogP contribution in [0.5, 0.6) is 0 Å². The van der Waals surface area contributed by atoms with E-state index in [1.807, 2.05) is 18.2 Å². The fourth-order valence-electron chi connectivity index (χ4n) is 2.22. The Morgan fingerprint density at radius 3 is 2.65 bits per heavy atom. The largest absolute Gasteiger partial charge is 0.459 e. The molecule has 3 nitrogen and oxygen atoms in total. The number of rotatable bonds is 7. The van der Waals surface area contributed by atoms with Gasteiger partial charge in [0.15, 0.2) is 0 Å². The summed E-state index contributed by atoms with van der Waals surface area (Å²) < 4.78 is 5.87. The Kier molecular flexibility index (Phi) is 5.21. The maximum absolute atomic E-state index is 5.87. The van der Waals surface area contributed by atoms with Crippen LogP contribution in [-0.4, -0.2) is 31.1 Å². The molecule has 0 amide bonds. The van der Waals surface area contributed by atoms with Gasteiger partial charge in [0.05, 0.1) is 6.04 Å². The SMILES string of the molecule is CC(NCCCN(C)C(C)C)c1cc2ccccc2o1. The van der Waals surface area contributed by atoms with Gasteiger partial charge in [0.1, 0.15) is 11.3 Å². The van der Waals surface area contributed by atoms with Crippen LogP contribution in [0.1, 0.15) is 39.0 Å². The van der Waals surface area contributed by atoms with Gasteiger partial charge < -0.3 is 14.6 Å². The molecule has 20 heavy (non-hydrogen) atoms. The topological polar surface area (TPSA) is 28.4 Å². The third-order valence-corrected chi connectivity index (χ3v) is 3.89. The van der Waals surface area contributed by atoms with Crippen molar-refractivity contribution >= 4 is 11.0 Å². The summed E-state index contributed by atoms with van der Waals surface area (Å²) in [5.74, 6) is 1.02. The highest BCUT2D eigenvalue weighted by molar-refractivity contribution is 5.77. The number of nitrogens with one attached hydrogen (secondary N) is 1. The van der Waals surface area contributed by atoms with E-state index in [-0.39, 0.29) is 6.04 Å². The Bertz CT molecular complexity index is 500. The van der Waals surface area contributed by atoms with Crippen molar-refractivity contribution in [3.8, 4) is 0 Å². The average molecular weight is 274 g/mol. The van der Waals surface area contributed by atoms with E-state index in [1.54, 1.807) is 0 Å². The fraction of sp³-hybridized carbons (Fsp3) is 0.529. The molecule has 1 aromatic heterocycles. The van der Waals surface area contributed by atoms with Gasteiger partial charge in [-0.15, -0.1) is 0 Å². The highest BCUT2D eigenvalue weighted by Gasteiger charge is 2.10. The van der Waals surface area contributed by atoms with Gasteiger partial charge in [-0.2, -0.15) is 0 Å². The third kappa shape index (κ3) is 3.84. The Balaban J connectivity index is 1.81. The van der Waals surface area contributed by atoms with Crippen LogP contribution >= 0.6 is 0 Å². The maximum atomic E-state index is 5.87. The standard InChI is InChI=1S/C17H26N2O/c1-13(2)19(4)11-7-10-18-14(3)17-12-15-8-5-6-9-16(15)20-17/h5-6,8-9,12-14,18H,7,10-11H2,1-4H3. The molecule has 1 aromatic carbocycles. The van der Waals surface area contributed by atoms with Crippen LogP contribution in [0.25, 0.3) is 11.0 Å². The van der Waals surface area contributed by atoms with Crippen molar-refractivity contribution in [3.05, 3.63) is 36.1 Å². The molecule has 1 N–H and O–H groups in total. The molecule has 0 fully saturated rings. The van der Waals surface area contributed by atoms with Crippen molar-refractivity contribution in [1.82, 2.24) is 10.2 Å². The lowest BCUT2D eigenvalue weighted by atomic mass is 10.2. The Morgan fingerprint density at radius 2 is 1.95 bits per heavy atom. The summed E-state index contributed by atoms with van der Waals surface area (Å²) in [5.41, 5.74) is 0.968. The van der Waals surface area contributed by atoms with Crippen LogP contribution in [0.2, 0.25) is 0 Å². The first kappa shape index (κ1) is 15.1. The van der Waals surface area contributed by atoms with Crippen LogP contribution in [0, 0.1) is 0 Å². The molecular formula is C17H26N2O. The molecule has 0 aliphatic heterocycles. The highest BCUT2D eigenvalue weighted by atomic mass is 16.3. The van der Waals surface area contributed by atoms with Crippen LogP contribution in [-0.2, 0) is 0 Å². The quantitative estimate of drug-likeness (QED) is 0.778. The molecule has 0 aliphatic carbocycles. The van der Waals surface area contributed by atoms with Crippen molar-refractivity contribution in [2.45, 2.75) is 39.3 Å². The summed E-state index contributed by atoms with van der Waals surface area (Å²) in [7, 11) is 2.17. The third-order valence-electron chi connectivity index (χ3n) is 3.89. The maximum Gasteiger partial charge on any atom is 0.134 e. The Hall–Kier alpha value is -1.32.